The van der Waals surface area contributed by atoms with Gasteiger partial charge in [0.15, 0.2) is 0 Å². The van der Waals surface area contributed by atoms with Gasteiger partial charge in [0.2, 0.25) is 5.95 Å². The maximum atomic E-state index is 12.4. The van der Waals surface area contributed by atoms with E-state index in [9.17, 15) is 13.2 Å². The van der Waals surface area contributed by atoms with Crippen LogP contribution < -0.4 is 11.1 Å². The number of nitrogens with one attached hydrogen (secondary N) is 1. The lowest BCUT2D eigenvalue weighted by atomic mass is 10.0. The predicted molar refractivity (Wildman–Crippen MR) is 58.4 cm³/mol. The molecular formula is C10H15F3N4. The fraction of sp³-hybridized carbons (Fsp3) is 0.600. The fourth-order valence-electron chi connectivity index (χ4n) is 1.30. The van der Waals surface area contributed by atoms with E-state index in [0.717, 1.165) is 12.3 Å². The van der Waals surface area contributed by atoms with Crippen LogP contribution in [0.5, 0.6) is 0 Å². The van der Waals surface area contributed by atoms with Crippen LogP contribution in [0.15, 0.2) is 12.3 Å². The van der Waals surface area contributed by atoms with Gasteiger partial charge < -0.3 is 11.1 Å². The standard InChI is InChI=1S/C10H15F3N4/c1-9(2,4-5-14)17-8-15-6-3-7(16-8)10(11,12)13/h3,6H,4-5,14H2,1-2H3,(H,15,16,17). The zero-order chi connectivity index (χ0) is 13.1. The van der Waals surface area contributed by atoms with Crippen LogP contribution in [0, 0.1) is 0 Å². The highest BCUT2D eigenvalue weighted by Crippen LogP contribution is 2.28. The molecule has 0 radical (unpaired) electrons. The van der Waals surface area contributed by atoms with E-state index in [1.54, 1.807) is 0 Å². The molecule has 0 atom stereocenters. The molecule has 0 aliphatic carbocycles. The van der Waals surface area contributed by atoms with Crippen molar-refractivity contribution in [2.24, 2.45) is 5.73 Å². The molecule has 0 fully saturated rings. The highest BCUT2D eigenvalue weighted by molar-refractivity contribution is 5.29. The molecule has 1 aromatic heterocycles. The molecule has 4 nitrogen and oxygen atoms in total. The van der Waals surface area contributed by atoms with E-state index in [-0.39, 0.29) is 5.95 Å². The Hall–Kier alpha value is -1.37. The van der Waals surface area contributed by atoms with Gasteiger partial charge in [-0.2, -0.15) is 13.2 Å². The summed E-state index contributed by atoms with van der Waals surface area (Å²) in [6.07, 6.45) is -2.78. The number of hydrogen-bond acceptors (Lipinski definition) is 4. The van der Waals surface area contributed by atoms with Crippen molar-refractivity contribution in [2.75, 3.05) is 11.9 Å². The number of halogens is 3. The van der Waals surface area contributed by atoms with Crippen LogP contribution in [0.25, 0.3) is 0 Å². The Kier molecular flexibility index (Phi) is 3.92. The zero-order valence-corrected chi connectivity index (χ0v) is 9.67. The molecule has 0 aliphatic heterocycles. The van der Waals surface area contributed by atoms with Gasteiger partial charge in [0.1, 0.15) is 5.69 Å². The van der Waals surface area contributed by atoms with Gasteiger partial charge in [0.05, 0.1) is 0 Å². The van der Waals surface area contributed by atoms with E-state index in [1.807, 2.05) is 13.8 Å². The Morgan fingerprint density at radius 3 is 2.53 bits per heavy atom. The first kappa shape index (κ1) is 13.7. The van der Waals surface area contributed by atoms with Crippen molar-refractivity contribution >= 4 is 5.95 Å². The number of aromatic nitrogens is 2. The first-order chi connectivity index (χ1) is 7.74. The Labute approximate surface area is 97.4 Å². The maximum Gasteiger partial charge on any atom is 0.433 e. The minimum atomic E-state index is -4.46. The van der Waals surface area contributed by atoms with E-state index in [4.69, 9.17) is 5.73 Å². The molecule has 0 spiro atoms. The van der Waals surface area contributed by atoms with E-state index >= 15 is 0 Å². The van der Waals surface area contributed by atoms with E-state index < -0.39 is 17.4 Å². The van der Waals surface area contributed by atoms with Gasteiger partial charge >= 0.3 is 6.18 Å². The molecule has 0 saturated carbocycles. The van der Waals surface area contributed by atoms with Crippen LogP contribution in [-0.4, -0.2) is 22.1 Å². The number of rotatable bonds is 4. The SMILES string of the molecule is CC(C)(CCN)Nc1nccc(C(F)(F)F)n1. The molecule has 1 heterocycles. The average Bonchev–Trinajstić information content (AvgIpc) is 2.15. The van der Waals surface area contributed by atoms with Crippen molar-refractivity contribution in [1.29, 1.82) is 0 Å². The van der Waals surface area contributed by atoms with Crippen LogP contribution in [0.1, 0.15) is 26.0 Å². The average molecular weight is 248 g/mol. The highest BCUT2D eigenvalue weighted by atomic mass is 19.4. The first-order valence-electron chi connectivity index (χ1n) is 5.13. The summed E-state index contributed by atoms with van der Waals surface area (Å²) in [4.78, 5) is 7.18. The quantitative estimate of drug-likeness (QED) is 0.855. The zero-order valence-electron chi connectivity index (χ0n) is 9.67. The third-order valence-electron chi connectivity index (χ3n) is 2.17. The van der Waals surface area contributed by atoms with Gasteiger partial charge in [-0.05, 0) is 32.9 Å². The number of nitrogens with two attached hydrogens (primary N) is 1. The molecule has 0 amide bonds. The molecule has 7 heteroatoms. The van der Waals surface area contributed by atoms with Crippen molar-refractivity contribution in [1.82, 2.24) is 9.97 Å². The van der Waals surface area contributed by atoms with Crippen molar-refractivity contribution in [3.8, 4) is 0 Å². The summed E-state index contributed by atoms with van der Waals surface area (Å²) in [6.45, 7) is 4.08. The number of anilines is 1. The molecule has 17 heavy (non-hydrogen) atoms. The lowest BCUT2D eigenvalue weighted by Gasteiger charge is -2.25. The number of hydrogen-bond donors (Lipinski definition) is 2. The van der Waals surface area contributed by atoms with Crippen molar-refractivity contribution < 1.29 is 13.2 Å². The molecule has 1 aromatic rings. The number of alkyl halides is 3. The molecule has 0 bridgehead atoms. The van der Waals surface area contributed by atoms with Crippen molar-refractivity contribution in [3.63, 3.8) is 0 Å². The minimum absolute atomic E-state index is 0.0433. The highest BCUT2D eigenvalue weighted by Gasteiger charge is 2.33. The van der Waals surface area contributed by atoms with Crippen molar-refractivity contribution in [3.05, 3.63) is 18.0 Å². The summed E-state index contributed by atoms with van der Waals surface area (Å²) >= 11 is 0. The summed E-state index contributed by atoms with van der Waals surface area (Å²) in [5.41, 5.74) is 4.00. The van der Waals surface area contributed by atoms with E-state index in [2.05, 4.69) is 15.3 Å². The van der Waals surface area contributed by atoms with Gasteiger partial charge in [0.25, 0.3) is 0 Å². The van der Waals surface area contributed by atoms with Crippen LogP contribution >= 0.6 is 0 Å². The normalized spacial score (nSPS) is 12.6. The maximum absolute atomic E-state index is 12.4. The molecule has 0 aliphatic rings. The number of nitrogens with zero attached hydrogens (tertiary/aromatic N) is 2. The predicted octanol–water partition coefficient (Wildman–Crippen LogP) is 2.03. The molecule has 96 valence electrons. The van der Waals surface area contributed by atoms with Gasteiger partial charge in [0, 0.05) is 11.7 Å². The fourth-order valence-corrected chi connectivity index (χ4v) is 1.30. The minimum Gasteiger partial charge on any atom is -0.349 e. The van der Waals surface area contributed by atoms with Crippen molar-refractivity contribution in [2.45, 2.75) is 32.0 Å². The molecular weight excluding hydrogens is 233 g/mol. The first-order valence-corrected chi connectivity index (χ1v) is 5.13. The smallest absolute Gasteiger partial charge is 0.349 e. The second-order valence-electron chi connectivity index (χ2n) is 4.31. The Morgan fingerprint density at radius 2 is 2.00 bits per heavy atom. The monoisotopic (exact) mass is 248 g/mol. The molecule has 1 rings (SSSR count). The van der Waals surface area contributed by atoms with Gasteiger partial charge in [-0.25, -0.2) is 9.97 Å². The summed E-state index contributed by atoms with van der Waals surface area (Å²) < 4.78 is 37.2. The third-order valence-corrected chi connectivity index (χ3v) is 2.17. The van der Waals surface area contributed by atoms with E-state index in [1.165, 1.54) is 0 Å². The Morgan fingerprint density at radius 1 is 1.35 bits per heavy atom. The lowest BCUT2D eigenvalue weighted by molar-refractivity contribution is -0.141. The van der Waals surface area contributed by atoms with Crippen LogP contribution in [0.3, 0.4) is 0 Å². The van der Waals surface area contributed by atoms with Gasteiger partial charge in [-0.3, -0.25) is 0 Å². The van der Waals surface area contributed by atoms with Gasteiger partial charge in [-0.15, -0.1) is 0 Å². The van der Waals surface area contributed by atoms with Crippen LogP contribution in [0.4, 0.5) is 19.1 Å². The summed E-state index contributed by atoms with van der Waals surface area (Å²) in [5, 5.41) is 2.83. The Bertz CT molecular complexity index is 376. The molecule has 0 aromatic carbocycles. The van der Waals surface area contributed by atoms with Crippen LogP contribution in [0.2, 0.25) is 0 Å². The summed E-state index contributed by atoms with van der Waals surface area (Å²) in [5.74, 6) is -0.0433. The Balaban J connectivity index is 2.86. The third kappa shape index (κ3) is 4.18. The lowest BCUT2D eigenvalue weighted by Crippen LogP contribution is -2.34. The largest absolute Gasteiger partial charge is 0.433 e. The summed E-state index contributed by atoms with van der Waals surface area (Å²) in [6, 6.07) is 0.834. The summed E-state index contributed by atoms with van der Waals surface area (Å²) in [7, 11) is 0. The van der Waals surface area contributed by atoms with Crippen LogP contribution in [-0.2, 0) is 6.18 Å². The van der Waals surface area contributed by atoms with Gasteiger partial charge in [-0.1, -0.05) is 0 Å². The second kappa shape index (κ2) is 4.87. The molecule has 0 saturated heterocycles. The topological polar surface area (TPSA) is 63.8 Å². The molecule has 3 N–H and O–H groups in total. The molecule has 0 unspecified atom stereocenters. The second-order valence-corrected chi connectivity index (χ2v) is 4.31. The van der Waals surface area contributed by atoms with E-state index in [0.29, 0.717) is 13.0 Å².